The van der Waals surface area contributed by atoms with Crippen molar-refractivity contribution in [1.29, 1.82) is 0 Å². The van der Waals surface area contributed by atoms with Gasteiger partial charge >= 0.3 is 5.97 Å². The highest BCUT2D eigenvalue weighted by Gasteiger charge is 2.30. The van der Waals surface area contributed by atoms with E-state index in [9.17, 15) is 14.4 Å². The maximum atomic E-state index is 12.1. The fraction of sp³-hybridized carbons (Fsp3) is 0.357. The lowest BCUT2D eigenvalue weighted by atomic mass is 10.2. The van der Waals surface area contributed by atoms with Crippen LogP contribution in [0.4, 0.5) is 5.69 Å². The van der Waals surface area contributed by atoms with Gasteiger partial charge in [0.2, 0.25) is 11.8 Å². The first kappa shape index (κ1) is 16.6. The second kappa shape index (κ2) is 7.02. The third-order valence-electron chi connectivity index (χ3n) is 3.21. The molecule has 1 aromatic carbocycles. The number of nitrogens with one attached hydrogen (secondary N) is 1. The molecule has 2 rings (SSSR count). The summed E-state index contributed by atoms with van der Waals surface area (Å²) >= 11 is 7.19. The van der Waals surface area contributed by atoms with Crippen LogP contribution in [0.2, 0.25) is 5.02 Å². The van der Waals surface area contributed by atoms with E-state index in [0.717, 1.165) is 4.90 Å². The zero-order chi connectivity index (χ0) is 16.3. The number of rotatable bonds is 5. The van der Waals surface area contributed by atoms with Crippen molar-refractivity contribution in [3.8, 4) is 0 Å². The topological polar surface area (TPSA) is 86.7 Å². The summed E-state index contributed by atoms with van der Waals surface area (Å²) in [7, 11) is 1.53. The average molecular weight is 343 g/mol. The van der Waals surface area contributed by atoms with E-state index in [1.807, 2.05) is 0 Å². The minimum absolute atomic E-state index is 0.0225. The van der Waals surface area contributed by atoms with Gasteiger partial charge < -0.3 is 15.3 Å². The predicted molar refractivity (Wildman–Crippen MR) is 84.2 cm³/mol. The van der Waals surface area contributed by atoms with Crippen molar-refractivity contribution < 1.29 is 19.5 Å². The van der Waals surface area contributed by atoms with Crippen LogP contribution in [0.3, 0.4) is 0 Å². The van der Waals surface area contributed by atoms with Crippen LogP contribution >= 0.6 is 23.4 Å². The Morgan fingerprint density at radius 1 is 1.45 bits per heavy atom. The van der Waals surface area contributed by atoms with Crippen LogP contribution in [0.1, 0.15) is 12.8 Å². The summed E-state index contributed by atoms with van der Waals surface area (Å²) in [5.74, 6) is -1.47. The van der Waals surface area contributed by atoms with E-state index in [1.54, 1.807) is 18.2 Å². The first-order valence-corrected chi connectivity index (χ1v) is 7.85. The summed E-state index contributed by atoms with van der Waals surface area (Å²) in [6, 6.07) is 5.19. The fourth-order valence-corrected chi connectivity index (χ4v) is 3.21. The quantitative estimate of drug-likeness (QED) is 0.855. The standard InChI is InChI=1S/C14H15ClN2O4S/c1-17(5-4-13(19)20)12(18)7-11-14(21)16-9-6-8(15)2-3-10(9)22-11/h2-3,6,11H,4-5,7H2,1H3,(H,16,21)(H,19,20). The number of nitrogens with zero attached hydrogens (tertiary/aromatic N) is 1. The Morgan fingerprint density at radius 3 is 2.86 bits per heavy atom. The molecule has 0 radical (unpaired) electrons. The van der Waals surface area contributed by atoms with E-state index in [2.05, 4.69) is 5.32 Å². The third kappa shape index (κ3) is 4.14. The summed E-state index contributed by atoms with van der Waals surface area (Å²) in [4.78, 5) is 36.8. The highest BCUT2D eigenvalue weighted by Crippen LogP contribution is 2.38. The summed E-state index contributed by atoms with van der Waals surface area (Å²) in [5.41, 5.74) is 0.644. The van der Waals surface area contributed by atoms with Crippen molar-refractivity contribution in [2.75, 3.05) is 18.9 Å². The lowest BCUT2D eigenvalue weighted by Crippen LogP contribution is -2.36. The molecule has 0 fully saturated rings. The number of halogens is 1. The number of amides is 2. The maximum absolute atomic E-state index is 12.1. The molecule has 22 heavy (non-hydrogen) atoms. The lowest BCUT2D eigenvalue weighted by Gasteiger charge is -2.25. The molecular formula is C14H15ClN2O4S. The zero-order valence-corrected chi connectivity index (χ0v) is 13.4. The molecule has 1 aromatic rings. The van der Waals surface area contributed by atoms with E-state index in [-0.39, 0.29) is 31.2 Å². The average Bonchev–Trinajstić information content (AvgIpc) is 2.45. The zero-order valence-electron chi connectivity index (χ0n) is 11.8. The van der Waals surface area contributed by atoms with E-state index < -0.39 is 11.2 Å². The number of carboxylic acid groups (broad SMARTS) is 1. The number of fused-ring (bicyclic) bond motifs is 1. The molecular weight excluding hydrogens is 328 g/mol. The molecule has 1 atom stereocenters. The highest BCUT2D eigenvalue weighted by molar-refractivity contribution is 8.01. The van der Waals surface area contributed by atoms with Gasteiger partial charge in [-0.15, -0.1) is 11.8 Å². The molecule has 0 saturated carbocycles. The van der Waals surface area contributed by atoms with Gasteiger partial charge in [0.1, 0.15) is 0 Å². The second-order valence-corrected chi connectivity index (χ2v) is 6.58. The molecule has 1 aliphatic rings. The molecule has 0 aromatic heterocycles. The van der Waals surface area contributed by atoms with Crippen LogP contribution in [-0.2, 0) is 14.4 Å². The Morgan fingerprint density at radius 2 is 2.18 bits per heavy atom. The largest absolute Gasteiger partial charge is 0.481 e. The number of carbonyl (C=O) groups excluding carboxylic acids is 2. The molecule has 1 aliphatic heterocycles. The van der Waals surface area contributed by atoms with Gasteiger partial charge in [0.05, 0.1) is 17.4 Å². The summed E-state index contributed by atoms with van der Waals surface area (Å²) in [5, 5.41) is 11.4. The van der Waals surface area contributed by atoms with Gasteiger partial charge in [-0.2, -0.15) is 0 Å². The van der Waals surface area contributed by atoms with E-state index in [4.69, 9.17) is 16.7 Å². The molecule has 1 unspecified atom stereocenters. The Hall–Kier alpha value is -1.73. The van der Waals surface area contributed by atoms with Gasteiger partial charge in [-0.05, 0) is 18.2 Å². The predicted octanol–water partition coefficient (Wildman–Crippen LogP) is 2.08. The molecule has 118 valence electrons. The van der Waals surface area contributed by atoms with Crippen molar-refractivity contribution in [2.24, 2.45) is 0 Å². The molecule has 0 spiro atoms. The van der Waals surface area contributed by atoms with Crippen molar-refractivity contribution in [3.63, 3.8) is 0 Å². The Bertz CT molecular complexity index is 623. The third-order valence-corrected chi connectivity index (χ3v) is 4.72. The van der Waals surface area contributed by atoms with E-state index >= 15 is 0 Å². The molecule has 2 amide bonds. The van der Waals surface area contributed by atoms with Gasteiger partial charge in [-0.1, -0.05) is 11.6 Å². The maximum Gasteiger partial charge on any atom is 0.305 e. The molecule has 2 N–H and O–H groups in total. The minimum atomic E-state index is -0.963. The molecule has 0 bridgehead atoms. The van der Waals surface area contributed by atoms with Crippen LogP contribution in [0.5, 0.6) is 0 Å². The van der Waals surface area contributed by atoms with Gasteiger partial charge in [-0.25, -0.2) is 0 Å². The van der Waals surface area contributed by atoms with Gasteiger partial charge in [0.25, 0.3) is 0 Å². The summed E-state index contributed by atoms with van der Waals surface area (Å²) in [6.07, 6.45) is -0.0950. The van der Waals surface area contributed by atoms with E-state index in [1.165, 1.54) is 23.7 Å². The first-order valence-electron chi connectivity index (χ1n) is 6.59. The number of aliphatic carboxylic acids is 1. The van der Waals surface area contributed by atoms with Crippen LogP contribution < -0.4 is 5.32 Å². The Balaban J connectivity index is 1.98. The Kier molecular flexibility index (Phi) is 5.31. The van der Waals surface area contributed by atoms with Crippen molar-refractivity contribution in [3.05, 3.63) is 23.2 Å². The number of carboxylic acids is 1. The van der Waals surface area contributed by atoms with Gasteiger partial charge in [-0.3, -0.25) is 14.4 Å². The molecule has 0 saturated heterocycles. The number of anilines is 1. The first-order chi connectivity index (χ1) is 10.4. The normalized spacial score (nSPS) is 16.6. The number of thioether (sulfide) groups is 1. The lowest BCUT2D eigenvalue weighted by molar-refractivity contribution is -0.138. The Labute approximate surface area is 136 Å². The summed E-state index contributed by atoms with van der Waals surface area (Å²) < 4.78 is 0. The summed E-state index contributed by atoms with van der Waals surface area (Å²) in [6.45, 7) is 0.124. The van der Waals surface area contributed by atoms with E-state index in [0.29, 0.717) is 10.7 Å². The minimum Gasteiger partial charge on any atom is -0.481 e. The SMILES string of the molecule is CN(CCC(=O)O)C(=O)CC1Sc2ccc(Cl)cc2NC1=O. The highest BCUT2D eigenvalue weighted by atomic mass is 35.5. The smallest absolute Gasteiger partial charge is 0.305 e. The second-order valence-electron chi connectivity index (χ2n) is 4.90. The van der Waals surface area contributed by atoms with Gasteiger partial charge in [0, 0.05) is 29.9 Å². The fourth-order valence-electron chi connectivity index (χ4n) is 1.96. The van der Waals surface area contributed by atoms with Crippen LogP contribution in [0, 0.1) is 0 Å². The van der Waals surface area contributed by atoms with Crippen molar-refractivity contribution in [2.45, 2.75) is 23.0 Å². The van der Waals surface area contributed by atoms with Gasteiger partial charge in [0.15, 0.2) is 0 Å². The number of benzene rings is 1. The number of hydrogen-bond donors (Lipinski definition) is 2. The van der Waals surface area contributed by atoms with Crippen molar-refractivity contribution >= 4 is 46.8 Å². The molecule has 8 heteroatoms. The van der Waals surface area contributed by atoms with Crippen LogP contribution in [-0.4, -0.2) is 46.6 Å². The van der Waals surface area contributed by atoms with Crippen molar-refractivity contribution in [1.82, 2.24) is 4.90 Å². The van der Waals surface area contributed by atoms with Crippen LogP contribution in [0.25, 0.3) is 0 Å². The monoisotopic (exact) mass is 342 g/mol. The number of hydrogen-bond acceptors (Lipinski definition) is 4. The molecule has 6 nitrogen and oxygen atoms in total. The number of carbonyl (C=O) groups is 3. The molecule has 1 heterocycles. The van der Waals surface area contributed by atoms with Crippen LogP contribution in [0.15, 0.2) is 23.1 Å². The molecule has 0 aliphatic carbocycles.